The average Bonchev–Trinajstić information content (AvgIpc) is 2.76. The van der Waals surface area contributed by atoms with E-state index < -0.39 is 0 Å². The first-order valence-electron chi connectivity index (χ1n) is 8.99. The number of nitriles is 1. The minimum absolute atomic E-state index is 0.142. The monoisotopic (exact) mass is 424 g/mol. The van der Waals surface area contributed by atoms with E-state index in [9.17, 15) is 4.39 Å². The molecule has 0 aromatic heterocycles. The third-order valence-electron chi connectivity index (χ3n) is 4.16. The van der Waals surface area contributed by atoms with Crippen LogP contribution in [0.2, 0.25) is 5.02 Å². The number of methoxy groups -OCH3 is 1. The zero-order valence-electron chi connectivity index (χ0n) is 16.1. The van der Waals surface area contributed by atoms with Crippen LogP contribution < -0.4 is 9.47 Å². The zero-order valence-corrected chi connectivity index (χ0v) is 16.9. The first kappa shape index (κ1) is 21.2. The highest BCUT2D eigenvalue weighted by Gasteiger charge is 2.12. The van der Waals surface area contributed by atoms with Crippen LogP contribution in [0.25, 0.3) is 0 Å². The largest absolute Gasteiger partial charge is 0.493 e. The quantitative estimate of drug-likeness (QED) is 0.354. The second-order valence-corrected chi connectivity index (χ2v) is 6.64. The van der Waals surface area contributed by atoms with Crippen LogP contribution in [0.3, 0.4) is 0 Å². The number of hydrogen-bond acceptors (Lipinski definition) is 5. The van der Waals surface area contributed by atoms with E-state index in [1.165, 1.54) is 25.5 Å². The lowest BCUT2D eigenvalue weighted by molar-refractivity contribution is 0.132. The van der Waals surface area contributed by atoms with Crippen molar-refractivity contribution < 1.29 is 18.7 Å². The molecule has 7 heteroatoms. The molecule has 3 aromatic carbocycles. The second-order valence-electron chi connectivity index (χ2n) is 6.23. The molecule has 0 N–H and O–H groups in total. The van der Waals surface area contributed by atoms with E-state index in [0.717, 1.165) is 5.56 Å². The topological polar surface area (TPSA) is 63.8 Å². The number of oxime groups is 1. The Balaban J connectivity index is 1.67. The highest BCUT2D eigenvalue weighted by Crippen LogP contribution is 2.36. The van der Waals surface area contributed by atoms with Gasteiger partial charge in [-0.1, -0.05) is 47.1 Å². The van der Waals surface area contributed by atoms with E-state index in [4.69, 9.17) is 31.2 Å². The normalized spacial score (nSPS) is 10.6. The summed E-state index contributed by atoms with van der Waals surface area (Å²) in [5, 5.41) is 13.3. The summed E-state index contributed by atoms with van der Waals surface area (Å²) in [5.41, 5.74) is 2.60. The van der Waals surface area contributed by atoms with Gasteiger partial charge >= 0.3 is 0 Å². The van der Waals surface area contributed by atoms with Crippen LogP contribution in [-0.2, 0) is 18.1 Å². The standard InChI is InChI=1S/C23H18ClFN2O3/c1-28-22-11-17(13-27-30-15-19-7-3-2-6-18(19)12-26)10-21(24)23(22)29-14-16-5-4-8-20(25)9-16/h2-11,13H,14-15H2,1H3/b27-13-. The Morgan fingerprint density at radius 2 is 1.93 bits per heavy atom. The Morgan fingerprint density at radius 3 is 2.70 bits per heavy atom. The maximum Gasteiger partial charge on any atom is 0.180 e. The van der Waals surface area contributed by atoms with Gasteiger partial charge in [-0.3, -0.25) is 0 Å². The average molecular weight is 425 g/mol. The van der Waals surface area contributed by atoms with Gasteiger partial charge in [0.15, 0.2) is 11.5 Å². The number of ether oxygens (including phenoxy) is 2. The lowest BCUT2D eigenvalue weighted by atomic mass is 10.1. The van der Waals surface area contributed by atoms with E-state index in [-0.39, 0.29) is 19.0 Å². The molecule has 0 radical (unpaired) electrons. The van der Waals surface area contributed by atoms with Crippen LogP contribution in [0, 0.1) is 17.1 Å². The van der Waals surface area contributed by atoms with Crippen LogP contribution in [-0.4, -0.2) is 13.3 Å². The Bertz CT molecular complexity index is 1100. The highest BCUT2D eigenvalue weighted by molar-refractivity contribution is 6.32. The summed E-state index contributed by atoms with van der Waals surface area (Å²) in [7, 11) is 1.50. The summed E-state index contributed by atoms with van der Waals surface area (Å²) >= 11 is 6.34. The Hall–Kier alpha value is -3.56. The molecule has 0 aliphatic carbocycles. The number of halogens is 2. The van der Waals surface area contributed by atoms with Gasteiger partial charge in [-0.25, -0.2) is 4.39 Å². The van der Waals surface area contributed by atoms with Crippen LogP contribution >= 0.6 is 11.6 Å². The molecular formula is C23H18ClFN2O3. The third-order valence-corrected chi connectivity index (χ3v) is 4.44. The summed E-state index contributed by atoms with van der Waals surface area (Å²) in [5.74, 6) is 0.428. The maximum atomic E-state index is 13.3. The fraction of sp³-hybridized carbons (Fsp3) is 0.130. The summed E-state index contributed by atoms with van der Waals surface area (Å²) in [4.78, 5) is 5.29. The molecule has 5 nitrogen and oxygen atoms in total. The molecule has 3 aromatic rings. The van der Waals surface area contributed by atoms with Gasteiger partial charge in [0.25, 0.3) is 0 Å². The Labute approximate surface area is 178 Å². The molecule has 152 valence electrons. The van der Waals surface area contributed by atoms with Gasteiger partial charge < -0.3 is 14.3 Å². The highest BCUT2D eigenvalue weighted by atomic mass is 35.5. The van der Waals surface area contributed by atoms with Gasteiger partial charge in [-0.15, -0.1) is 0 Å². The Kier molecular flexibility index (Phi) is 7.25. The van der Waals surface area contributed by atoms with E-state index >= 15 is 0 Å². The third kappa shape index (κ3) is 5.49. The molecule has 0 fully saturated rings. The van der Waals surface area contributed by atoms with E-state index in [1.54, 1.807) is 42.5 Å². The molecule has 0 saturated carbocycles. The minimum Gasteiger partial charge on any atom is -0.493 e. The lowest BCUT2D eigenvalue weighted by Gasteiger charge is -2.13. The molecule has 0 atom stereocenters. The van der Waals surface area contributed by atoms with Crippen molar-refractivity contribution in [1.82, 2.24) is 0 Å². The van der Waals surface area contributed by atoms with Gasteiger partial charge in [-0.2, -0.15) is 5.26 Å². The van der Waals surface area contributed by atoms with Crippen LogP contribution in [0.1, 0.15) is 22.3 Å². The van der Waals surface area contributed by atoms with Crippen molar-refractivity contribution in [2.45, 2.75) is 13.2 Å². The lowest BCUT2D eigenvalue weighted by Crippen LogP contribution is -2.00. The van der Waals surface area contributed by atoms with Crippen molar-refractivity contribution >= 4 is 17.8 Å². The van der Waals surface area contributed by atoms with Gasteiger partial charge in [-0.05, 0) is 35.9 Å². The van der Waals surface area contributed by atoms with Crippen LogP contribution in [0.4, 0.5) is 4.39 Å². The molecule has 0 bridgehead atoms. The summed E-state index contributed by atoms with van der Waals surface area (Å²) in [6.45, 7) is 0.308. The fourth-order valence-electron chi connectivity index (χ4n) is 2.70. The van der Waals surface area contributed by atoms with E-state index in [1.807, 2.05) is 6.07 Å². The predicted molar refractivity (Wildman–Crippen MR) is 112 cm³/mol. The molecule has 0 saturated heterocycles. The summed E-state index contributed by atoms with van der Waals surface area (Å²) < 4.78 is 24.4. The molecule has 0 aliphatic heterocycles. The minimum atomic E-state index is -0.335. The van der Waals surface area contributed by atoms with Crippen molar-refractivity contribution in [3.63, 3.8) is 0 Å². The van der Waals surface area contributed by atoms with E-state index in [0.29, 0.717) is 33.2 Å². The molecule has 30 heavy (non-hydrogen) atoms. The van der Waals surface area contributed by atoms with Crippen LogP contribution in [0.15, 0.2) is 65.8 Å². The van der Waals surface area contributed by atoms with Crippen molar-refractivity contribution in [3.8, 4) is 17.6 Å². The molecule has 0 aliphatic rings. The second kappa shape index (κ2) is 10.3. The van der Waals surface area contributed by atoms with Gasteiger partial charge in [0.1, 0.15) is 19.0 Å². The molecular weight excluding hydrogens is 407 g/mol. The van der Waals surface area contributed by atoms with Crippen molar-refractivity contribution in [1.29, 1.82) is 5.26 Å². The van der Waals surface area contributed by atoms with Gasteiger partial charge in [0, 0.05) is 11.1 Å². The summed E-state index contributed by atoms with van der Waals surface area (Å²) in [6, 6.07) is 18.7. The number of nitrogens with zero attached hydrogens (tertiary/aromatic N) is 2. The van der Waals surface area contributed by atoms with Crippen molar-refractivity contribution in [2.75, 3.05) is 7.11 Å². The maximum absolute atomic E-state index is 13.3. The molecule has 0 unspecified atom stereocenters. The fourth-order valence-corrected chi connectivity index (χ4v) is 2.97. The SMILES string of the molecule is COc1cc(/C=N\OCc2ccccc2C#N)cc(Cl)c1OCc1cccc(F)c1. The van der Waals surface area contributed by atoms with Gasteiger partial charge in [0.2, 0.25) is 0 Å². The first-order chi connectivity index (χ1) is 14.6. The van der Waals surface area contributed by atoms with Crippen molar-refractivity contribution in [3.05, 3.63) is 93.8 Å². The van der Waals surface area contributed by atoms with Crippen molar-refractivity contribution in [2.24, 2.45) is 5.16 Å². The Morgan fingerprint density at radius 1 is 1.10 bits per heavy atom. The molecule has 0 spiro atoms. The number of rotatable bonds is 8. The number of benzene rings is 3. The summed E-state index contributed by atoms with van der Waals surface area (Å²) in [6.07, 6.45) is 1.49. The first-order valence-corrected chi connectivity index (χ1v) is 9.36. The van der Waals surface area contributed by atoms with E-state index in [2.05, 4.69) is 11.2 Å². The van der Waals surface area contributed by atoms with Crippen LogP contribution in [0.5, 0.6) is 11.5 Å². The molecule has 0 heterocycles. The molecule has 3 rings (SSSR count). The zero-order chi connectivity index (χ0) is 21.3. The number of hydrogen-bond donors (Lipinski definition) is 0. The molecule has 0 amide bonds. The smallest absolute Gasteiger partial charge is 0.180 e. The predicted octanol–water partition coefficient (Wildman–Crippen LogP) is 5.49. The van der Waals surface area contributed by atoms with Gasteiger partial charge in [0.05, 0.1) is 30.0 Å².